The average Bonchev–Trinajstić information content (AvgIpc) is 2.14. The number of hydrogen-bond acceptors (Lipinski definition) is 5. The highest BCUT2D eigenvalue weighted by Gasteiger charge is 2.35. The molecule has 96 valence electrons. The Balaban J connectivity index is 2.76. The van der Waals surface area contributed by atoms with Crippen molar-refractivity contribution in [1.82, 2.24) is 14.9 Å². The molecule has 8 heteroatoms. The van der Waals surface area contributed by atoms with Gasteiger partial charge in [0.2, 0.25) is 5.82 Å². The Bertz CT molecular complexity index is 377. The number of halogens is 3. The van der Waals surface area contributed by atoms with E-state index in [2.05, 4.69) is 15.3 Å². The van der Waals surface area contributed by atoms with Gasteiger partial charge in [0.15, 0.2) is 0 Å². The Morgan fingerprint density at radius 2 is 2.00 bits per heavy atom. The monoisotopic (exact) mass is 249 g/mol. The molecule has 0 aromatic carbocycles. The van der Waals surface area contributed by atoms with Crippen molar-refractivity contribution in [1.29, 1.82) is 0 Å². The average molecular weight is 249 g/mol. The molecular weight excluding hydrogens is 235 g/mol. The first kappa shape index (κ1) is 13.5. The molecule has 17 heavy (non-hydrogen) atoms. The number of rotatable bonds is 4. The van der Waals surface area contributed by atoms with E-state index in [9.17, 15) is 13.2 Å². The fraction of sp³-hybridized carbons (Fsp3) is 0.556. The van der Waals surface area contributed by atoms with Gasteiger partial charge in [-0.05, 0) is 14.1 Å². The molecule has 0 aliphatic carbocycles. The van der Waals surface area contributed by atoms with Gasteiger partial charge in [-0.15, -0.1) is 0 Å². The van der Waals surface area contributed by atoms with Crippen LogP contribution in [-0.2, 0) is 6.18 Å². The summed E-state index contributed by atoms with van der Waals surface area (Å²) in [5.74, 6) is -1.36. The van der Waals surface area contributed by atoms with Gasteiger partial charge >= 0.3 is 6.18 Å². The van der Waals surface area contributed by atoms with Crippen LogP contribution in [0.3, 0.4) is 0 Å². The second-order valence-electron chi connectivity index (χ2n) is 3.73. The molecule has 1 aromatic heterocycles. The molecule has 0 fully saturated rings. The summed E-state index contributed by atoms with van der Waals surface area (Å²) in [6.07, 6.45) is -4.59. The van der Waals surface area contributed by atoms with Crippen LogP contribution in [0.2, 0.25) is 0 Å². The van der Waals surface area contributed by atoms with Crippen LogP contribution in [-0.4, -0.2) is 42.1 Å². The van der Waals surface area contributed by atoms with Gasteiger partial charge in [-0.25, -0.2) is 9.97 Å². The van der Waals surface area contributed by atoms with Crippen molar-refractivity contribution in [3.63, 3.8) is 0 Å². The van der Waals surface area contributed by atoms with Crippen LogP contribution in [0.1, 0.15) is 5.82 Å². The molecule has 0 saturated heterocycles. The third kappa shape index (κ3) is 4.43. The number of nitrogens with two attached hydrogens (primary N) is 1. The maximum absolute atomic E-state index is 12.4. The van der Waals surface area contributed by atoms with Gasteiger partial charge in [-0.3, -0.25) is 0 Å². The maximum atomic E-state index is 12.4. The van der Waals surface area contributed by atoms with Gasteiger partial charge in [-0.1, -0.05) is 0 Å². The number of alkyl halides is 3. The van der Waals surface area contributed by atoms with Crippen LogP contribution < -0.4 is 11.1 Å². The third-order valence-electron chi connectivity index (χ3n) is 1.86. The number of nitrogens with zero attached hydrogens (tertiary/aromatic N) is 3. The van der Waals surface area contributed by atoms with Crippen molar-refractivity contribution in [3.05, 3.63) is 11.9 Å². The first-order chi connectivity index (χ1) is 7.79. The van der Waals surface area contributed by atoms with E-state index in [4.69, 9.17) is 5.73 Å². The molecule has 0 radical (unpaired) electrons. The van der Waals surface area contributed by atoms with Crippen LogP contribution in [0.25, 0.3) is 0 Å². The van der Waals surface area contributed by atoms with Crippen molar-refractivity contribution < 1.29 is 13.2 Å². The van der Waals surface area contributed by atoms with E-state index in [-0.39, 0.29) is 11.6 Å². The lowest BCUT2D eigenvalue weighted by Gasteiger charge is -2.12. The Labute approximate surface area is 96.8 Å². The fourth-order valence-electron chi connectivity index (χ4n) is 1.09. The van der Waals surface area contributed by atoms with Crippen LogP contribution in [0.4, 0.5) is 24.8 Å². The van der Waals surface area contributed by atoms with E-state index in [1.807, 2.05) is 19.0 Å². The lowest BCUT2D eigenvalue weighted by Crippen LogP contribution is -2.22. The summed E-state index contributed by atoms with van der Waals surface area (Å²) in [5, 5.41) is 2.76. The smallest absolute Gasteiger partial charge is 0.384 e. The summed E-state index contributed by atoms with van der Waals surface area (Å²) < 4.78 is 37.1. The second kappa shape index (κ2) is 5.17. The molecule has 0 spiro atoms. The minimum absolute atomic E-state index is 0.0756. The number of nitrogens with one attached hydrogen (secondary N) is 1. The van der Waals surface area contributed by atoms with Gasteiger partial charge in [0.1, 0.15) is 11.6 Å². The minimum Gasteiger partial charge on any atom is -0.384 e. The van der Waals surface area contributed by atoms with Crippen molar-refractivity contribution in [3.8, 4) is 0 Å². The number of hydrogen-bond donors (Lipinski definition) is 2. The van der Waals surface area contributed by atoms with Gasteiger partial charge in [-0.2, -0.15) is 13.2 Å². The van der Waals surface area contributed by atoms with Gasteiger partial charge in [0, 0.05) is 19.2 Å². The summed E-state index contributed by atoms with van der Waals surface area (Å²) >= 11 is 0. The number of likely N-dealkylation sites (N-methyl/N-ethyl adjacent to an activating group) is 1. The second-order valence-corrected chi connectivity index (χ2v) is 3.73. The summed E-state index contributed by atoms with van der Waals surface area (Å²) in [5.41, 5.74) is 5.29. The molecule has 0 atom stereocenters. The highest BCUT2D eigenvalue weighted by Crippen LogP contribution is 2.27. The molecule has 1 heterocycles. The highest BCUT2D eigenvalue weighted by molar-refractivity contribution is 5.44. The lowest BCUT2D eigenvalue weighted by atomic mass is 10.4. The van der Waals surface area contributed by atoms with Crippen LogP contribution >= 0.6 is 0 Å². The molecular formula is C9H14F3N5. The van der Waals surface area contributed by atoms with Crippen molar-refractivity contribution >= 4 is 11.6 Å². The zero-order chi connectivity index (χ0) is 13.1. The Morgan fingerprint density at radius 3 is 2.53 bits per heavy atom. The molecule has 1 rings (SSSR count). The van der Waals surface area contributed by atoms with Crippen molar-refractivity contribution in [2.24, 2.45) is 0 Å². The summed E-state index contributed by atoms with van der Waals surface area (Å²) in [6, 6.07) is 1.27. The summed E-state index contributed by atoms with van der Waals surface area (Å²) in [6.45, 7) is 1.14. The van der Waals surface area contributed by atoms with Gasteiger partial charge in [0.25, 0.3) is 0 Å². The molecule has 0 saturated carbocycles. The predicted octanol–water partition coefficient (Wildman–Crippen LogP) is 1.05. The molecule has 0 amide bonds. The van der Waals surface area contributed by atoms with E-state index < -0.39 is 12.0 Å². The predicted molar refractivity (Wildman–Crippen MR) is 58.5 cm³/mol. The largest absolute Gasteiger partial charge is 0.451 e. The quantitative estimate of drug-likeness (QED) is 0.835. The lowest BCUT2D eigenvalue weighted by molar-refractivity contribution is -0.144. The van der Waals surface area contributed by atoms with Gasteiger partial charge < -0.3 is 16.0 Å². The molecule has 5 nitrogen and oxygen atoms in total. The maximum Gasteiger partial charge on any atom is 0.451 e. The molecule has 0 aliphatic heterocycles. The fourth-order valence-corrected chi connectivity index (χ4v) is 1.09. The normalized spacial score (nSPS) is 11.9. The van der Waals surface area contributed by atoms with E-state index in [0.29, 0.717) is 13.1 Å². The molecule has 3 N–H and O–H groups in total. The zero-order valence-corrected chi connectivity index (χ0v) is 9.54. The zero-order valence-electron chi connectivity index (χ0n) is 9.54. The standard InChI is InChI=1S/C9H14F3N5/c1-17(2)4-3-14-7-5-6(13)15-8(16-7)9(10,11)12/h5H,3-4H2,1-2H3,(H3,13,14,15,16). The number of aromatic nitrogens is 2. The Morgan fingerprint density at radius 1 is 1.35 bits per heavy atom. The van der Waals surface area contributed by atoms with Crippen LogP contribution in [0.15, 0.2) is 6.07 Å². The van der Waals surface area contributed by atoms with E-state index >= 15 is 0 Å². The SMILES string of the molecule is CN(C)CCNc1cc(N)nc(C(F)(F)F)n1. The third-order valence-corrected chi connectivity index (χ3v) is 1.86. The first-order valence-electron chi connectivity index (χ1n) is 4.89. The highest BCUT2D eigenvalue weighted by atomic mass is 19.4. The van der Waals surface area contributed by atoms with E-state index in [0.717, 1.165) is 0 Å². The van der Waals surface area contributed by atoms with Crippen LogP contribution in [0.5, 0.6) is 0 Å². The van der Waals surface area contributed by atoms with Crippen LogP contribution in [0, 0.1) is 0 Å². The summed E-state index contributed by atoms with van der Waals surface area (Å²) in [4.78, 5) is 8.39. The summed E-state index contributed by atoms with van der Waals surface area (Å²) in [7, 11) is 3.72. The molecule has 0 aliphatic rings. The topological polar surface area (TPSA) is 67.1 Å². The van der Waals surface area contributed by atoms with E-state index in [1.54, 1.807) is 0 Å². The Kier molecular flexibility index (Phi) is 4.11. The van der Waals surface area contributed by atoms with Crippen molar-refractivity contribution in [2.45, 2.75) is 6.18 Å². The number of nitrogen functional groups attached to an aromatic ring is 1. The molecule has 0 bridgehead atoms. The Hall–Kier alpha value is -1.57. The van der Waals surface area contributed by atoms with E-state index in [1.165, 1.54) is 6.07 Å². The molecule has 0 unspecified atom stereocenters. The molecule has 1 aromatic rings. The first-order valence-corrected chi connectivity index (χ1v) is 4.89. The number of anilines is 2. The van der Waals surface area contributed by atoms with Crippen molar-refractivity contribution in [2.75, 3.05) is 38.2 Å². The van der Waals surface area contributed by atoms with Gasteiger partial charge in [0.05, 0.1) is 0 Å². The minimum atomic E-state index is -4.59.